The largest absolute Gasteiger partial charge is 0.388 e. The zero-order valence-corrected chi connectivity index (χ0v) is 20.4. The lowest BCUT2D eigenvalue weighted by atomic mass is 9.62. The first-order valence-electron chi connectivity index (χ1n) is 12.8. The van der Waals surface area contributed by atoms with Crippen molar-refractivity contribution in [1.82, 2.24) is 0 Å². The Bertz CT molecular complexity index is 658. The molecule has 0 amide bonds. The van der Waals surface area contributed by atoms with Gasteiger partial charge in [-0.1, -0.05) is 63.5 Å². The van der Waals surface area contributed by atoms with Gasteiger partial charge in [-0.3, -0.25) is 0 Å². The quantitative estimate of drug-likeness (QED) is 0.441. The van der Waals surface area contributed by atoms with Gasteiger partial charge in [0, 0.05) is 6.61 Å². The molecule has 0 aromatic rings. The third-order valence-corrected chi connectivity index (χ3v) is 8.97. The highest BCUT2D eigenvalue weighted by Crippen LogP contribution is 2.58. The van der Waals surface area contributed by atoms with Gasteiger partial charge in [-0.05, 0) is 87.0 Å². The minimum Gasteiger partial charge on any atom is -0.388 e. The summed E-state index contributed by atoms with van der Waals surface area (Å²) < 4.78 is 6.40. The first kappa shape index (κ1) is 24.7. The highest BCUT2D eigenvalue weighted by atomic mass is 16.5. The molecule has 3 rings (SSSR count). The molecule has 0 aromatic heterocycles. The van der Waals surface area contributed by atoms with E-state index in [2.05, 4.69) is 46.4 Å². The fourth-order valence-corrected chi connectivity index (χ4v) is 6.71. The molecule has 0 radical (unpaired) electrons. The average molecular weight is 431 g/mol. The van der Waals surface area contributed by atoms with E-state index < -0.39 is 12.2 Å². The molecule has 0 bridgehead atoms. The van der Waals surface area contributed by atoms with E-state index in [1.807, 2.05) is 0 Å². The van der Waals surface area contributed by atoms with E-state index in [1.54, 1.807) is 5.57 Å². The number of hydrogen-bond acceptors (Lipinski definition) is 3. The SMILES string of the molecule is C=C1C(O)CC(=C/C=C2\CCCC3(C)C2CCC3C(C)OCCC(CC)CC)C[C@H]1O. The fourth-order valence-electron chi connectivity index (χ4n) is 6.71. The molecule has 0 aromatic carbocycles. The van der Waals surface area contributed by atoms with Gasteiger partial charge in [0.05, 0.1) is 18.3 Å². The lowest BCUT2D eigenvalue weighted by molar-refractivity contribution is -0.0291. The van der Waals surface area contributed by atoms with Crippen LogP contribution in [0.4, 0.5) is 0 Å². The number of hydrogen-bond donors (Lipinski definition) is 2. The minimum absolute atomic E-state index is 0.330. The second-order valence-corrected chi connectivity index (χ2v) is 10.7. The van der Waals surface area contributed by atoms with Crippen molar-refractivity contribution in [3.05, 3.63) is 35.5 Å². The van der Waals surface area contributed by atoms with Gasteiger partial charge >= 0.3 is 0 Å². The second kappa shape index (κ2) is 10.8. The summed E-state index contributed by atoms with van der Waals surface area (Å²) in [4.78, 5) is 0. The summed E-state index contributed by atoms with van der Waals surface area (Å²) in [6, 6.07) is 0. The van der Waals surface area contributed by atoms with Crippen molar-refractivity contribution in [2.75, 3.05) is 6.61 Å². The van der Waals surface area contributed by atoms with Crippen molar-refractivity contribution in [2.45, 2.75) is 110 Å². The van der Waals surface area contributed by atoms with E-state index in [0.29, 0.717) is 41.8 Å². The molecular formula is C28H46O3. The molecule has 3 nitrogen and oxygen atoms in total. The van der Waals surface area contributed by atoms with E-state index in [0.717, 1.165) is 18.1 Å². The van der Waals surface area contributed by atoms with E-state index in [9.17, 15) is 10.2 Å². The van der Waals surface area contributed by atoms with Crippen LogP contribution in [0, 0.1) is 23.2 Å². The predicted molar refractivity (Wildman–Crippen MR) is 129 cm³/mol. The van der Waals surface area contributed by atoms with Crippen LogP contribution < -0.4 is 0 Å². The predicted octanol–water partition coefficient (Wildman–Crippen LogP) is 6.36. The van der Waals surface area contributed by atoms with Gasteiger partial charge < -0.3 is 14.9 Å². The molecule has 0 aliphatic heterocycles. The second-order valence-electron chi connectivity index (χ2n) is 10.7. The highest BCUT2D eigenvalue weighted by Gasteiger charge is 2.51. The van der Waals surface area contributed by atoms with Crippen LogP contribution in [0.3, 0.4) is 0 Å². The van der Waals surface area contributed by atoms with Crippen LogP contribution in [0.2, 0.25) is 0 Å². The Hall–Kier alpha value is -0.900. The van der Waals surface area contributed by atoms with E-state index in [1.165, 1.54) is 51.4 Å². The summed E-state index contributed by atoms with van der Waals surface area (Å²) in [6.07, 6.45) is 14.8. The molecular weight excluding hydrogens is 384 g/mol. The Labute approximate surface area is 190 Å². The van der Waals surface area contributed by atoms with Gasteiger partial charge in [0.15, 0.2) is 0 Å². The average Bonchev–Trinajstić information content (AvgIpc) is 3.11. The Kier molecular flexibility index (Phi) is 8.63. The van der Waals surface area contributed by atoms with Crippen LogP contribution in [0.25, 0.3) is 0 Å². The molecule has 3 saturated carbocycles. The smallest absolute Gasteiger partial charge is 0.0809 e. The molecule has 2 N–H and O–H groups in total. The van der Waals surface area contributed by atoms with Crippen LogP contribution in [-0.2, 0) is 4.74 Å². The highest BCUT2D eigenvalue weighted by molar-refractivity contribution is 5.29. The first-order valence-corrected chi connectivity index (χ1v) is 12.8. The maximum atomic E-state index is 10.1. The number of ether oxygens (including phenoxy) is 1. The van der Waals surface area contributed by atoms with Gasteiger partial charge in [0.2, 0.25) is 0 Å². The number of rotatable bonds is 8. The Morgan fingerprint density at radius 2 is 1.81 bits per heavy atom. The Morgan fingerprint density at radius 3 is 2.45 bits per heavy atom. The molecule has 3 fully saturated rings. The normalized spacial score (nSPS) is 37.6. The summed E-state index contributed by atoms with van der Waals surface area (Å²) in [6.45, 7) is 14.1. The summed E-state index contributed by atoms with van der Waals surface area (Å²) in [5, 5.41) is 20.3. The zero-order valence-electron chi connectivity index (χ0n) is 20.4. The molecule has 3 aliphatic carbocycles. The maximum Gasteiger partial charge on any atom is 0.0809 e. The maximum absolute atomic E-state index is 10.1. The van der Waals surface area contributed by atoms with Gasteiger partial charge in [-0.15, -0.1) is 0 Å². The lowest BCUT2D eigenvalue weighted by Crippen LogP contribution is -2.38. The number of allylic oxidation sites excluding steroid dienone is 3. The minimum atomic E-state index is -0.612. The number of aliphatic hydroxyl groups is 2. The molecule has 31 heavy (non-hydrogen) atoms. The van der Waals surface area contributed by atoms with Crippen molar-refractivity contribution in [2.24, 2.45) is 23.2 Å². The summed E-state index contributed by atoms with van der Waals surface area (Å²) in [5.41, 5.74) is 3.60. The Balaban J connectivity index is 1.64. The monoisotopic (exact) mass is 430 g/mol. The third kappa shape index (κ3) is 5.54. The number of aliphatic hydroxyl groups excluding tert-OH is 2. The molecule has 0 saturated heterocycles. The molecule has 0 heterocycles. The van der Waals surface area contributed by atoms with Crippen LogP contribution in [0.15, 0.2) is 35.5 Å². The molecule has 176 valence electrons. The molecule has 6 atom stereocenters. The van der Waals surface area contributed by atoms with Crippen molar-refractivity contribution in [1.29, 1.82) is 0 Å². The lowest BCUT2D eigenvalue weighted by Gasteiger charge is -2.44. The molecule has 3 aliphatic rings. The van der Waals surface area contributed by atoms with Gasteiger partial charge in [0.1, 0.15) is 0 Å². The van der Waals surface area contributed by atoms with Crippen molar-refractivity contribution >= 4 is 0 Å². The third-order valence-electron chi connectivity index (χ3n) is 8.97. The van der Waals surface area contributed by atoms with Gasteiger partial charge in [-0.2, -0.15) is 0 Å². The molecule has 3 heteroatoms. The first-order chi connectivity index (χ1) is 14.8. The van der Waals surface area contributed by atoms with Crippen LogP contribution in [0.5, 0.6) is 0 Å². The molecule has 0 spiro atoms. The Morgan fingerprint density at radius 1 is 1.13 bits per heavy atom. The van der Waals surface area contributed by atoms with E-state index in [4.69, 9.17) is 4.74 Å². The zero-order chi connectivity index (χ0) is 22.6. The van der Waals surface area contributed by atoms with Crippen molar-refractivity contribution in [3.8, 4) is 0 Å². The standard InChI is InChI=1S/C28H46O3/c1-6-21(7-2)14-16-31-20(4)24-12-13-25-23(9-8-15-28(24,25)5)11-10-22-17-26(29)19(3)27(30)18-22/h10-11,20-21,24-27,29-30H,3,6-9,12-18H2,1-2,4-5H3/b22-10?,23-11+/t20?,24?,25?,26-,27?,28?/m1/s1. The molecule has 5 unspecified atom stereocenters. The summed E-state index contributed by atoms with van der Waals surface area (Å²) >= 11 is 0. The fraction of sp³-hybridized carbons (Fsp3) is 0.786. The topological polar surface area (TPSA) is 49.7 Å². The van der Waals surface area contributed by atoms with Crippen LogP contribution in [-0.4, -0.2) is 35.1 Å². The van der Waals surface area contributed by atoms with E-state index >= 15 is 0 Å². The van der Waals surface area contributed by atoms with Crippen molar-refractivity contribution in [3.63, 3.8) is 0 Å². The van der Waals surface area contributed by atoms with Crippen LogP contribution >= 0.6 is 0 Å². The van der Waals surface area contributed by atoms with Gasteiger partial charge in [0.25, 0.3) is 0 Å². The van der Waals surface area contributed by atoms with Gasteiger partial charge in [-0.25, -0.2) is 0 Å². The van der Waals surface area contributed by atoms with E-state index in [-0.39, 0.29) is 0 Å². The summed E-state index contributed by atoms with van der Waals surface area (Å²) in [7, 11) is 0. The summed E-state index contributed by atoms with van der Waals surface area (Å²) in [5.74, 6) is 2.07. The van der Waals surface area contributed by atoms with Crippen LogP contribution in [0.1, 0.15) is 91.9 Å². The van der Waals surface area contributed by atoms with Crippen molar-refractivity contribution < 1.29 is 14.9 Å². The number of fused-ring (bicyclic) bond motifs is 1.